The van der Waals surface area contributed by atoms with Crippen molar-refractivity contribution in [2.75, 3.05) is 11.5 Å². The van der Waals surface area contributed by atoms with Crippen LogP contribution < -0.4 is 0 Å². The molecule has 5 heteroatoms. The highest BCUT2D eigenvalue weighted by atomic mass is 32.2. The second kappa shape index (κ2) is 6.29. The molecule has 18 heavy (non-hydrogen) atoms. The third-order valence-corrected chi connectivity index (χ3v) is 4.61. The lowest BCUT2D eigenvalue weighted by Crippen LogP contribution is -2.10. The minimum Gasteiger partial charge on any atom is -0.388 e. The highest BCUT2D eigenvalue weighted by molar-refractivity contribution is 7.91. The first-order valence-electron chi connectivity index (χ1n) is 5.99. The van der Waals surface area contributed by atoms with E-state index in [0.717, 1.165) is 5.56 Å². The van der Waals surface area contributed by atoms with E-state index in [-0.39, 0.29) is 17.3 Å². The molecule has 0 radical (unpaired) electrons. The molecule has 0 aliphatic rings. The molecule has 1 unspecified atom stereocenters. The molecule has 0 aromatic heterocycles. The van der Waals surface area contributed by atoms with Crippen LogP contribution in [0.15, 0.2) is 18.2 Å². The van der Waals surface area contributed by atoms with Crippen molar-refractivity contribution in [3.05, 3.63) is 35.1 Å². The fourth-order valence-electron chi connectivity index (χ4n) is 1.76. The van der Waals surface area contributed by atoms with E-state index >= 15 is 0 Å². The number of rotatable bonds is 6. The van der Waals surface area contributed by atoms with Gasteiger partial charge in [0.1, 0.15) is 15.7 Å². The molecule has 0 bridgehead atoms. The van der Waals surface area contributed by atoms with E-state index in [2.05, 4.69) is 0 Å². The summed E-state index contributed by atoms with van der Waals surface area (Å²) in [7, 11) is -3.00. The predicted molar refractivity (Wildman–Crippen MR) is 69.7 cm³/mol. The van der Waals surface area contributed by atoms with Gasteiger partial charge in [0.2, 0.25) is 0 Å². The summed E-state index contributed by atoms with van der Waals surface area (Å²) >= 11 is 0. The lowest BCUT2D eigenvalue weighted by molar-refractivity contribution is 0.166. The Labute approximate surface area is 108 Å². The van der Waals surface area contributed by atoms with Crippen LogP contribution in [0, 0.1) is 12.7 Å². The lowest BCUT2D eigenvalue weighted by atomic mass is 10.0. The minimum atomic E-state index is -3.00. The van der Waals surface area contributed by atoms with Crippen LogP contribution in [-0.4, -0.2) is 25.0 Å². The number of aliphatic hydroxyl groups is 1. The van der Waals surface area contributed by atoms with Crippen molar-refractivity contribution in [1.29, 1.82) is 0 Å². The van der Waals surface area contributed by atoms with Crippen molar-refractivity contribution in [2.24, 2.45) is 0 Å². The molecule has 0 amide bonds. The van der Waals surface area contributed by atoms with Crippen LogP contribution in [0.1, 0.15) is 37.0 Å². The zero-order chi connectivity index (χ0) is 13.8. The summed E-state index contributed by atoms with van der Waals surface area (Å²) in [6, 6.07) is 4.38. The van der Waals surface area contributed by atoms with E-state index in [1.54, 1.807) is 19.9 Å². The number of halogens is 1. The van der Waals surface area contributed by atoms with E-state index in [4.69, 9.17) is 0 Å². The monoisotopic (exact) mass is 274 g/mol. The molecule has 0 aliphatic carbocycles. The molecule has 0 spiro atoms. The Bertz CT molecular complexity index is 477. The maximum absolute atomic E-state index is 13.1. The topological polar surface area (TPSA) is 54.4 Å². The second-order valence-electron chi connectivity index (χ2n) is 4.46. The van der Waals surface area contributed by atoms with Crippen LogP contribution in [0.25, 0.3) is 0 Å². The lowest BCUT2D eigenvalue weighted by Gasteiger charge is -2.11. The standard InChI is InChI=1S/C13H19FO3S/c1-3-18(16,17)6-4-5-13(15)11-7-10(2)8-12(14)9-11/h7-9,13,15H,3-6H2,1-2H3. The first-order valence-corrected chi connectivity index (χ1v) is 7.82. The Morgan fingerprint density at radius 3 is 2.56 bits per heavy atom. The van der Waals surface area contributed by atoms with Crippen molar-refractivity contribution < 1.29 is 17.9 Å². The quantitative estimate of drug-likeness (QED) is 0.866. The van der Waals surface area contributed by atoms with Crippen molar-refractivity contribution >= 4 is 9.84 Å². The van der Waals surface area contributed by atoms with Gasteiger partial charge in [-0.3, -0.25) is 0 Å². The molecular weight excluding hydrogens is 255 g/mol. The third-order valence-electron chi connectivity index (χ3n) is 2.82. The summed E-state index contributed by atoms with van der Waals surface area (Å²) in [6.07, 6.45) is -0.110. The van der Waals surface area contributed by atoms with Crippen LogP contribution in [0.2, 0.25) is 0 Å². The normalized spacial score (nSPS) is 13.6. The largest absolute Gasteiger partial charge is 0.388 e. The molecule has 0 heterocycles. The predicted octanol–water partition coefficient (Wildman–Crippen LogP) is 2.38. The Hall–Kier alpha value is -0.940. The van der Waals surface area contributed by atoms with Crippen molar-refractivity contribution in [3.8, 4) is 0 Å². The van der Waals surface area contributed by atoms with E-state index in [9.17, 15) is 17.9 Å². The average molecular weight is 274 g/mol. The van der Waals surface area contributed by atoms with Gasteiger partial charge in [-0.2, -0.15) is 0 Å². The Kier molecular flexibility index (Phi) is 5.28. The van der Waals surface area contributed by atoms with Crippen molar-refractivity contribution in [3.63, 3.8) is 0 Å². The summed E-state index contributed by atoms with van der Waals surface area (Å²) in [4.78, 5) is 0. The zero-order valence-corrected chi connectivity index (χ0v) is 11.5. The Morgan fingerprint density at radius 1 is 1.33 bits per heavy atom. The molecule has 1 aromatic carbocycles. The highest BCUT2D eigenvalue weighted by Crippen LogP contribution is 2.21. The first-order chi connectivity index (χ1) is 8.34. The zero-order valence-electron chi connectivity index (χ0n) is 10.7. The van der Waals surface area contributed by atoms with Crippen LogP contribution in [0.4, 0.5) is 4.39 Å². The highest BCUT2D eigenvalue weighted by Gasteiger charge is 2.12. The van der Waals surface area contributed by atoms with Gasteiger partial charge in [0.15, 0.2) is 0 Å². The number of benzene rings is 1. The smallest absolute Gasteiger partial charge is 0.150 e. The van der Waals surface area contributed by atoms with Gasteiger partial charge in [0, 0.05) is 5.75 Å². The van der Waals surface area contributed by atoms with E-state index < -0.39 is 15.9 Å². The van der Waals surface area contributed by atoms with Crippen molar-refractivity contribution in [1.82, 2.24) is 0 Å². The maximum Gasteiger partial charge on any atom is 0.150 e. The summed E-state index contributed by atoms with van der Waals surface area (Å²) in [6.45, 7) is 3.35. The molecule has 0 aliphatic heterocycles. The van der Waals surface area contributed by atoms with Gasteiger partial charge in [-0.25, -0.2) is 12.8 Å². The van der Waals surface area contributed by atoms with Gasteiger partial charge in [-0.05, 0) is 43.0 Å². The summed E-state index contributed by atoms with van der Waals surface area (Å²) in [5.74, 6) is -0.206. The van der Waals surface area contributed by atoms with Crippen molar-refractivity contribution in [2.45, 2.75) is 32.8 Å². The van der Waals surface area contributed by atoms with E-state index in [1.807, 2.05) is 0 Å². The molecular formula is C13H19FO3S. The van der Waals surface area contributed by atoms with Gasteiger partial charge in [-0.1, -0.05) is 13.0 Å². The van der Waals surface area contributed by atoms with Gasteiger partial charge < -0.3 is 5.11 Å². The minimum absolute atomic E-state index is 0.0643. The SMILES string of the molecule is CCS(=O)(=O)CCCC(O)c1cc(C)cc(F)c1. The second-order valence-corrected chi connectivity index (χ2v) is 6.93. The maximum atomic E-state index is 13.1. The fraction of sp³-hybridized carbons (Fsp3) is 0.538. The molecule has 1 aromatic rings. The van der Waals surface area contributed by atoms with E-state index in [0.29, 0.717) is 18.4 Å². The van der Waals surface area contributed by atoms with Gasteiger partial charge in [-0.15, -0.1) is 0 Å². The molecule has 0 saturated heterocycles. The molecule has 102 valence electrons. The van der Waals surface area contributed by atoms with Gasteiger partial charge >= 0.3 is 0 Å². The molecule has 1 atom stereocenters. The average Bonchev–Trinajstić information content (AvgIpc) is 2.27. The molecule has 0 saturated carbocycles. The number of hydrogen-bond acceptors (Lipinski definition) is 3. The van der Waals surface area contributed by atoms with Crippen LogP contribution in [0.5, 0.6) is 0 Å². The summed E-state index contributed by atoms with van der Waals surface area (Å²) < 4.78 is 35.7. The van der Waals surface area contributed by atoms with E-state index in [1.165, 1.54) is 12.1 Å². The third kappa shape index (κ3) is 4.74. The molecule has 1 rings (SSSR count). The van der Waals surface area contributed by atoms with Crippen LogP contribution >= 0.6 is 0 Å². The Morgan fingerprint density at radius 2 is 2.00 bits per heavy atom. The number of hydrogen-bond donors (Lipinski definition) is 1. The van der Waals surface area contributed by atoms with Gasteiger partial charge in [0.05, 0.1) is 11.9 Å². The molecule has 1 N–H and O–H groups in total. The molecule has 3 nitrogen and oxygen atoms in total. The molecule has 0 fully saturated rings. The number of sulfone groups is 1. The Balaban J connectivity index is 2.58. The summed E-state index contributed by atoms with van der Waals surface area (Å²) in [5.41, 5.74) is 1.24. The van der Waals surface area contributed by atoms with Crippen LogP contribution in [-0.2, 0) is 9.84 Å². The summed E-state index contributed by atoms with van der Waals surface area (Å²) in [5, 5.41) is 9.88. The van der Waals surface area contributed by atoms with Crippen LogP contribution in [0.3, 0.4) is 0 Å². The number of aryl methyl sites for hydroxylation is 1. The first kappa shape index (κ1) is 15.1. The van der Waals surface area contributed by atoms with Gasteiger partial charge in [0.25, 0.3) is 0 Å². The number of aliphatic hydroxyl groups excluding tert-OH is 1. The fourth-order valence-corrected chi connectivity index (χ4v) is 2.66.